The summed E-state index contributed by atoms with van der Waals surface area (Å²) in [5.41, 5.74) is 0. The van der Waals surface area contributed by atoms with Crippen LogP contribution in [0.25, 0.3) is 10.7 Å². The molecule has 2 aromatic heterocycles. The molecule has 1 aromatic carbocycles. The fourth-order valence-corrected chi connectivity index (χ4v) is 3.67. The molecular formula is C14H12Cl2N4OS2. The highest BCUT2D eigenvalue weighted by Gasteiger charge is 2.12. The topological polar surface area (TPSA) is 66.0 Å². The smallest absolute Gasteiger partial charge is 0.210 e. The SMILES string of the molecule is Nn1c(SCCOc2ccc(Cl)cc2Cl)nnc1-c1cccs1. The first-order valence-electron chi connectivity index (χ1n) is 6.60. The van der Waals surface area contributed by atoms with Crippen molar-refractivity contribution in [3.63, 3.8) is 0 Å². The standard InChI is InChI=1S/C14H12Cl2N4OS2/c15-9-3-4-11(10(16)8-9)21-5-7-23-14-19-18-13(20(14)17)12-2-1-6-22-12/h1-4,6,8H,5,7,17H2. The lowest BCUT2D eigenvalue weighted by Crippen LogP contribution is -2.12. The third-order valence-electron chi connectivity index (χ3n) is 2.87. The molecular weight excluding hydrogens is 375 g/mol. The van der Waals surface area contributed by atoms with Crippen molar-refractivity contribution in [2.45, 2.75) is 5.16 Å². The first-order chi connectivity index (χ1) is 11.1. The van der Waals surface area contributed by atoms with E-state index in [-0.39, 0.29) is 0 Å². The fraction of sp³-hybridized carbons (Fsp3) is 0.143. The van der Waals surface area contributed by atoms with E-state index in [2.05, 4.69) is 10.2 Å². The highest BCUT2D eigenvalue weighted by molar-refractivity contribution is 7.99. The summed E-state index contributed by atoms with van der Waals surface area (Å²) in [7, 11) is 0. The normalized spacial score (nSPS) is 10.9. The Hall–Kier alpha value is -1.41. The van der Waals surface area contributed by atoms with Gasteiger partial charge < -0.3 is 10.6 Å². The van der Waals surface area contributed by atoms with E-state index in [1.807, 2.05) is 17.5 Å². The summed E-state index contributed by atoms with van der Waals surface area (Å²) >= 11 is 14.9. The van der Waals surface area contributed by atoms with Crippen LogP contribution in [0.15, 0.2) is 40.9 Å². The van der Waals surface area contributed by atoms with E-state index in [0.29, 0.717) is 39.1 Å². The molecule has 3 aromatic rings. The minimum absolute atomic E-state index is 0.465. The first kappa shape index (κ1) is 16.4. The van der Waals surface area contributed by atoms with Gasteiger partial charge in [-0.25, -0.2) is 4.68 Å². The minimum Gasteiger partial charge on any atom is -0.491 e. The molecule has 0 saturated heterocycles. The zero-order valence-corrected chi connectivity index (χ0v) is 14.9. The Balaban J connectivity index is 1.55. The molecule has 0 bridgehead atoms. The molecule has 2 heterocycles. The number of nitrogens with zero attached hydrogens (tertiary/aromatic N) is 3. The summed E-state index contributed by atoms with van der Waals surface area (Å²) in [5.74, 6) is 7.95. The van der Waals surface area contributed by atoms with Crippen LogP contribution in [0, 0.1) is 0 Å². The Morgan fingerprint density at radius 3 is 2.87 bits per heavy atom. The molecule has 5 nitrogen and oxygen atoms in total. The summed E-state index contributed by atoms with van der Waals surface area (Å²) in [4.78, 5) is 0.982. The van der Waals surface area contributed by atoms with E-state index in [1.165, 1.54) is 16.4 Å². The monoisotopic (exact) mass is 386 g/mol. The zero-order valence-electron chi connectivity index (χ0n) is 11.8. The predicted molar refractivity (Wildman–Crippen MR) is 96.2 cm³/mol. The molecule has 0 fully saturated rings. The molecule has 0 radical (unpaired) electrons. The Kier molecular flexibility index (Phi) is 5.32. The maximum Gasteiger partial charge on any atom is 0.210 e. The van der Waals surface area contributed by atoms with Gasteiger partial charge in [-0.05, 0) is 29.6 Å². The number of hydrogen-bond donors (Lipinski definition) is 1. The van der Waals surface area contributed by atoms with Gasteiger partial charge in [-0.2, -0.15) is 0 Å². The van der Waals surface area contributed by atoms with Crippen molar-refractivity contribution in [2.75, 3.05) is 18.2 Å². The third-order valence-corrected chi connectivity index (χ3v) is 5.18. The van der Waals surface area contributed by atoms with Crippen molar-refractivity contribution in [3.05, 3.63) is 45.8 Å². The Labute approximate surface area is 151 Å². The summed E-state index contributed by atoms with van der Waals surface area (Å²) in [6, 6.07) is 9.04. The third kappa shape index (κ3) is 3.92. The van der Waals surface area contributed by atoms with Crippen molar-refractivity contribution >= 4 is 46.3 Å². The van der Waals surface area contributed by atoms with Crippen LogP contribution in [0.1, 0.15) is 0 Å². The molecule has 120 valence electrons. The maximum absolute atomic E-state index is 6.05. The van der Waals surface area contributed by atoms with Crippen LogP contribution in [0.5, 0.6) is 5.75 Å². The molecule has 0 unspecified atom stereocenters. The zero-order chi connectivity index (χ0) is 16.2. The van der Waals surface area contributed by atoms with Gasteiger partial charge in [-0.15, -0.1) is 21.5 Å². The number of thioether (sulfide) groups is 1. The molecule has 23 heavy (non-hydrogen) atoms. The molecule has 0 atom stereocenters. The van der Waals surface area contributed by atoms with Crippen LogP contribution in [-0.2, 0) is 0 Å². The average molecular weight is 387 g/mol. The second kappa shape index (κ2) is 7.44. The van der Waals surface area contributed by atoms with Gasteiger partial charge in [-0.1, -0.05) is 41.0 Å². The molecule has 0 aliphatic carbocycles. The number of ether oxygens (including phenoxy) is 1. The van der Waals surface area contributed by atoms with E-state index in [9.17, 15) is 0 Å². The summed E-state index contributed by atoms with van der Waals surface area (Å²) < 4.78 is 7.12. The largest absolute Gasteiger partial charge is 0.491 e. The predicted octanol–water partition coefficient (Wildman–Crippen LogP) is 4.20. The number of nitrogen functional groups attached to an aromatic ring is 1. The van der Waals surface area contributed by atoms with Crippen LogP contribution >= 0.6 is 46.3 Å². The number of hydrogen-bond acceptors (Lipinski definition) is 6. The number of aromatic nitrogens is 3. The van der Waals surface area contributed by atoms with Crippen molar-refractivity contribution < 1.29 is 4.74 Å². The van der Waals surface area contributed by atoms with Gasteiger partial charge in [0.25, 0.3) is 0 Å². The van der Waals surface area contributed by atoms with Gasteiger partial charge in [0.15, 0.2) is 5.82 Å². The average Bonchev–Trinajstić information content (AvgIpc) is 3.15. The van der Waals surface area contributed by atoms with Gasteiger partial charge in [0, 0.05) is 10.8 Å². The second-order valence-electron chi connectivity index (χ2n) is 4.43. The van der Waals surface area contributed by atoms with Crippen molar-refractivity contribution in [1.82, 2.24) is 14.9 Å². The van der Waals surface area contributed by atoms with E-state index < -0.39 is 0 Å². The van der Waals surface area contributed by atoms with Gasteiger partial charge >= 0.3 is 0 Å². The quantitative estimate of drug-likeness (QED) is 0.390. The van der Waals surface area contributed by atoms with E-state index in [4.69, 9.17) is 33.8 Å². The molecule has 9 heteroatoms. The van der Waals surface area contributed by atoms with Gasteiger partial charge in [0.1, 0.15) is 5.75 Å². The maximum atomic E-state index is 6.05. The van der Waals surface area contributed by atoms with Crippen molar-refractivity contribution in [1.29, 1.82) is 0 Å². The molecule has 0 amide bonds. The van der Waals surface area contributed by atoms with Crippen LogP contribution in [0.3, 0.4) is 0 Å². The van der Waals surface area contributed by atoms with E-state index in [1.54, 1.807) is 29.5 Å². The lowest BCUT2D eigenvalue weighted by atomic mass is 10.3. The van der Waals surface area contributed by atoms with E-state index >= 15 is 0 Å². The van der Waals surface area contributed by atoms with Crippen LogP contribution in [0.4, 0.5) is 0 Å². The van der Waals surface area contributed by atoms with Gasteiger partial charge in [-0.3, -0.25) is 0 Å². The summed E-state index contributed by atoms with van der Waals surface area (Å²) in [5, 5.41) is 11.9. The van der Waals surface area contributed by atoms with Gasteiger partial charge in [0.05, 0.1) is 16.5 Å². The second-order valence-corrected chi connectivity index (χ2v) is 7.28. The number of benzene rings is 1. The number of rotatable bonds is 6. The molecule has 0 aliphatic heterocycles. The Morgan fingerprint density at radius 1 is 1.26 bits per heavy atom. The van der Waals surface area contributed by atoms with Crippen molar-refractivity contribution in [3.8, 4) is 16.5 Å². The molecule has 2 N–H and O–H groups in total. The number of halogens is 2. The molecule has 0 saturated carbocycles. The summed E-state index contributed by atoms with van der Waals surface area (Å²) in [6.45, 7) is 0.465. The molecule has 0 aliphatic rings. The van der Waals surface area contributed by atoms with Crippen molar-refractivity contribution in [2.24, 2.45) is 0 Å². The van der Waals surface area contributed by atoms with Gasteiger partial charge in [0.2, 0.25) is 5.16 Å². The van der Waals surface area contributed by atoms with Crippen LogP contribution < -0.4 is 10.6 Å². The van der Waals surface area contributed by atoms with E-state index in [0.717, 1.165) is 4.88 Å². The minimum atomic E-state index is 0.465. The highest BCUT2D eigenvalue weighted by Crippen LogP contribution is 2.28. The highest BCUT2D eigenvalue weighted by atomic mass is 35.5. The Morgan fingerprint density at radius 2 is 2.13 bits per heavy atom. The lowest BCUT2D eigenvalue weighted by Gasteiger charge is -2.07. The number of thiophene rings is 1. The lowest BCUT2D eigenvalue weighted by molar-refractivity contribution is 0.344. The number of nitrogens with two attached hydrogens (primary N) is 1. The van der Waals surface area contributed by atoms with Crippen LogP contribution in [0.2, 0.25) is 10.0 Å². The molecule has 3 rings (SSSR count). The Bertz CT molecular complexity index is 792. The fourth-order valence-electron chi connectivity index (χ4n) is 1.83. The first-order valence-corrected chi connectivity index (χ1v) is 9.22. The molecule has 0 spiro atoms. The summed E-state index contributed by atoms with van der Waals surface area (Å²) in [6.07, 6.45) is 0. The van der Waals surface area contributed by atoms with Crippen LogP contribution in [-0.4, -0.2) is 27.2 Å².